The molecule has 0 amide bonds. The molecule has 1 aromatic rings. The van der Waals surface area contributed by atoms with Crippen LogP contribution < -0.4 is 5.32 Å². The summed E-state index contributed by atoms with van der Waals surface area (Å²) in [7, 11) is 0. The zero-order valence-corrected chi connectivity index (χ0v) is 11.9. The van der Waals surface area contributed by atoms with Gasteiger partial charge >= 0.3 is 0 Å². The molecule has 0 aromatic carbocycles. The molecule has 1 heterocycles. The summed E-state index contributed by atoms with van der Waals surface area (Å²) in [5, 5.41) is 23.2. The topological polar surface area (TPSA) is 74.9 Å². The van der Waals surface area contributed by atoms with Crippen LogP contribution in [0.15, 0.2) is 22.8 Å². The molecule has 3 N–H and O–H groups in total. The highest BCUT2D eigenvalue weighted by molar-refractivity contribution is 4.96. The maximum atomic E-state index is 10.3. The predicted octanol–water partition coefficient (Wildman–Crippen LogP) is 1.44. The fourth-order valence-corrected chi connectivity index (χ4v) is 2.61. The Kier molecular flexibility index (Phi) is 6.04. The molecule has 0 aliphatic heterocycles. The Morgan fingerprint density at radius 1 is 1.35 bits per heavy atom. The lowest BCUT2D eigenvalue weighted by molar-refractivity contribution is -0.00495. The van der Waals surface area contributed by atoms with Gasteiger partial charge in [0.25, 0.3) is 0 Å². The number of furan rings is 1. The average Bonchev–Trinajstić information content (AvgIpc) is 2.92. The lowest BCUT2D eigenvalue weighted by Gasteiger charge is -2.32. The highest BCUT2D eigenvalue weighted by Crippen LogP contribution is 2.27. The number of nitrogens with one attached hydrogen (secondary N) is 1. The Morgan fingerprint density at radius 2 is 2.15 bits per heavy atom. The first-order valence-electron chi connectivity index (χ1n) is 7.39. The SMILES string of the molecule is OC(CNCC1(O)CCCCC1)COCc1ccco1. The van der Waals surface area contributed by atoms with E-state index < -0.39 is 11.7 Å². The molecule has 2 rings (SSSR count). The third kappa shape index (κ3) is 5.25. The van der Waals surface area contributed by atoms with Crippen LogP contribution in [0.5, 0.6) is 0 Å². The molecular formula is C15H25NO4. The first-order chi connectivity index (χ1) is 9.68. The second-order valence-corrected chi connectivity index (χ2v) is 5.66. The van der Waals surface area contributed by atoms with E-state index in [0.29, 0.717) is 19.7 Å². The second kappa shape index (κ2) is 7.78. The van der Waals surface area contributed by atoms with Gasteiger partial charge in [-0.25, -0.2) is 0 Å². The number of ether oxygens (including phenoxy) is 1. The quantitative estimate of drug-likeness (QED) is 0.673. The molecule has 0 bridgehead atoms. The van der Waals surface area contributed by atoms with Crippen LogP contribution in [0.25, 0.3) is 0 Å². The number of hydrogen-bond acceptors (Lipinski definition) is 5. The molecule has 1 aromatic heterocycles. The molecule has 1 atom stereocenters. The van der Waals surface area contributed by atoms with Crippen molar-refractivity contribution in [2.75, 3.05) is 19.7 Å². The van der Waals surface area contributed by atoms with Gasteiger partial charge in [0.2, 0.25) is 0 Å². The Labute approximate surface area is 119 Å². The third-order valence-electron chi connectivity index (χ3n) is 3.75. The lowest BCUT2D eigenvalue weighted by Crippen LogP contribution is -2.44. The molecule has 1 unspecified atom stereocenters. The zero-order chi connectivity index (χ0) is 14.3. The van der Waals surface area contributed by atoms with Gasteiger partial charge in [-0.05, 0) is 25.0 Å². The minimum Gasteiger partial charge on any atom is -0.467 e. The fourth-order valence-electron chi connectivity index (χ4n) is 2.61. The van der Waals surface area contributed by atoms with Crippen LogP contribution in [0.2, 0.25) is 0 Å². The summed E-state index contributed by atoms with van der Waals surface area (Å²) >= 11 is 0. The van der Waals surface area contributed by atoms with Crippen molar-refractivity contribution >= 4 is 0 Å². The van der Waals surface area contributed by atoms with Crippen molar-refractivity contribution in [3.63, 3.8) is 0 Å². The van der Waals surface area contributed by atoms with Crippen LogP contribution >= 0.6 is 0 Å². The predicted molar refractivity (Wildman–Crippen MR) is 75.3 cm³/mol. The summed E-state index contributed by atoms with van der Waals surface area (Å²) in [6, 6.07) is 3.64. The second-order valence-electron chi connectivity index (χ2n) is 5.66. The lowest BCUT2D eigenvalue weighted by atomic mass is 9.85. The molecule has 1 aliphatic carbocycles. The van der Waals surface area contributed by atoms with Gasteiger partial charge in [-0.1, -0.05) is 19.3 Å². The monoisotopic (exact) mass is 283 g/mol. The normalized spacial score (nSPS) is 19.9. The number of hydrogen-bond donors (Lipinski definition) is 3. The van der Waals surface area contributed by atoms with Crippen LogP contribution in [0.3, 0.4) is 0 Å². The van der Waals surface area contributed by atoms with Crippen molar-refractivity contribution < 1.29 is 19.4 Å². The molecule has 1 saturated carbocycles. The van der Waals surface area contributed by atoms with E-state index in [1.165, 1.54) is 6.42 Å². The van der Waals surface area contributed by atoms with Crippen LogP contribution in [0.1, 0.15) is 37.9 Å². The van der Waals surface area contributed by atoms with Crippen molar-refractivity contribution in [3.8, 4) is 0 Å². The first-order valence-corrected chi connectivity index (χ1v) is 7.39. The van der Waals surface area contributed by atoms with E-state index in [1.54, 1.807) is 6.26 Å². The molecule has 5 nitrogen and oxygen atoms in total. The van der Waals surface area contributed by atoms with E-state index in [1.807, 2.05) is 12.1 Å². The van der Waals surface area contributed by atoms with Gasteiger partial charge in [0.1, 0.15) is 12.4 Å². The fraction of sp³-hybridized carbons (Fsp3) is 0.733. The number of aliphatic hydroxyl groups excluding tert-OH is 1. The van der Waals surface area contributed by atoms with Crippen LogP contribution in [0.4, 0.5) is 0 Å². The summed E-state index contributed by atoms with van der Waals surface area (Å²) in [5.41, 5.74) is -0.590. The van der Waals surface area contributed by atoms with Crippen molar-refractivity contribution in [2.45, 2.75) is 50.4 Å². The van der Waals surface area contributed by atoms with Crippen molar-refractivity contribution in [1.29, 1.82) is 0 Å². The van der Waals surface area contributed by atoms with Gasteiger partial charge in [0, 0.05) is 13.1 Å². The van der Waals surface area contributed by atoms with E-state index in [2.05, 4.69) is 5.32 Å². The standard InChI is InChI=1S/C15H25NO4/c17-13(10-19-11-14-5-4-8-20-14)9-16-12-15(18)6-2-1-3-7-15/h4-5,8,13,16-18H,1-3,6-7,9-12H2. The zero-order valence-electron chi connectivity index (χ0n) is 11.9. The number of rotatable bonds is 8. The molecule has 0 spiro atoms. The molecule has 0 saturated heterocycles. The van der Waals surface area contributed by atoms with E-state index in [4.69, 9.17) is 9.15 Å². The Hall–Kier alpha value is -0.880. The van der Waals surface area contributed by atoms with E-state index in [-0.39, 0.29) is 6.61 Å². The summed E-state index contributed by atoms with van der Waals surface area (Å²) in [6.07, 6.45) is 6.13. The Balaban J connectivity index is 1.54. The van der Waals surface area contributed by atoms with Crippen molar-refractivity contribution in [2.24, 2.45) is 0 Å². The number of aliphatic hydroxyl groups is 2. The molecule has 1 fully saturated rings. The first kappa shape index (κ1) is 15.5. The summed E-state index contributed by atoms with van der Waals surface area (Å²) < 4.78 is 10.5. The molecular weight excluding hydrogens is 258 g/mol. The average molecular weight is 283 g/mol. The Morgan fingerprint density at radius 3 is 2.85 bits per heavy atom. The molecule has 20 heavy (non-hydrogen) atoms. The summed E-state index contributed by atoms with van der Waals surface area (Å²) in [6.45, 7) is 1.60. The Bertz CT molecular complexity index is 360. The van der Waals surface area contributed by atoms with Gasteiger partial charge in [0.15, 0.2) is 0 Å². The van der Waals surface area contributed by atoms with Crippen LogP contribution in [0, 0.1) is 0 Å². The van der Waals surface area contributed by atoms with Crippen LogP contribution in [-0.4, -0.2) is 41.6 Å². The van der Waals surface area contributed by atoms with Gasteiger partial charge in [-0.15, -0.1) is 0 Å². The van der Waals surface area contributed by atoms with E-state index in [0.717, 1.165) is 31.4 Å². The van der Waals surface area contributed by atoms with Crippen molar-refractivity contribution in [1.82, 2.24) is 5.32 Å². The van der Waals surface area contributed by atoms with Gasteiger partial charge in [0.05, 0.1) is 24.6 Å². The minimum atomic E-state index is -0.590. The van der Waals surface area contributed by atoms with Gasteiger partial charge in [-0.3, -0.25) is 0 Å². The highest BCUT2D eigenvalue weighted by atomic mass is 16.5. The van der Waals surface area contributed by atoms with Crippen molar-refractivity contribution in [3.05, 3.63) is 24.2 Å². The highest BCUT2D eigenvalue weighted by Gasteiger charge is 2.28. The minimum absolute atomic E-state index is 0.256. The largest absolute Gasteiger partial charge is 0.467 e. The van der Waals surface area contributed by atoms with E-state index in [9.17, 15) is 10.2 Å². The van der Waals surface area contributed by atoms with E-state index >= 15 is 0 Å². The van der Waals surface area contributed by atoms with Crippen LogP contribution in [-0.2, 0) is 11.3 Å². The van der Waals surface area contributed by atoms with Gasteiger partial charge in [-0.2, -0.15) is 0 Å². The molecule has 114 valence electrons. The summed E-state index contributed by atoms with van der Waals surface area (Å²) in [4.78, 5) is 0. The molecule has 1 aliphatic rings. The molecule has 0 radical (unpaired) electrons. The van der Waals surface area contributed by atoms with Gasteiger partial charge < -0.3 is 24.7 Å². The summed E-state index contributed by atoms with van der Waals surface area (Å²) in [5.74, 6) is 0.752. The maximum Gasteiger partial charge on any atom is 0.129 e. The molecule has 5 heteroatoms. The maximum absolute atomic E-state index is 10.3. The third-order valence-corrected chi connectivity index (χ3v) is 3.75. The smallest absolute Gasteiger partial charge is 0.129 e.